The first-order chi connectivity index (χ1) is 12.5. The van der Waals surface area contributed by atoms with Crippen LogP contribution in [0.4, 0.5) is 0 Å². The molecule has 0 aliphatic heterocycles. The van der Waals surface area contributed by atoms with Crippen molar-refractivity contribution in [2.45, 2.75) is 25.9 Å². The molecule has 0 unspecified atom stereocenters. The van der Waals surface area contributed by atoms with E-state index in [2.05, 4.69) is 11.9 Å². The second-order valence-corrected chi connectivity index (χ2v) is 6.45. The SMILES string of the molecule is C=CCNC(=O)[C@@H](Cc1ccccc1)N(Cc1ccc(Cl)cc1)C(C)=O. The lowest BCUT2D eigenvalue weighted by Gasteiger charge is -2.30. The number of rotatable bonds is 8. The van der Waals surface area contributed by atoms with E-state index in [0.29, 0.717) is 24.5 Å². The second-order valence-electron chi connectivity index (χ2n) is 6.01. The van der Waals surface area contributed by atoms with Gasteiger partial charge in [0.2, 0.25) is 11.8 Å². The number of hydrogen-bond acceptors (Lipinski definition) is 2. The van der Waals surface area contributed by atoms with Gasteiger partial charge in [0.25, 0.3) is 0 Å². The summed E-state index contributed by atoms with van der Waals surface area (Å²) < 4.78 is 0. The number of carbonyl (C=O) groups excluding carboxylic acids is 2. The maximum atomic E-state index is 12.7. The van der Waals surface area contributed by atoms with Crippen molar-refractivity contribution in [3.8, 4) is 0 Å². The number of halogens is 1. The Morgan fingerprint density at radius 1 is 1.12 bits per heavy atom. The van der Waals surface area contributed by atoms with E-state index >= 15 is 0 Å². The standard InChI is InChI=1S/C21H23ClN2O2/c1-3-13-23-21(26)20(14-17-7-5-4-6-8-17)24(16(2)25)15-18-9-11-19(22)12-10-18/h3-12,20H,1,13-15H2,2H3,(H,23,26)/t20-/m1/s1. The van der Waals surface area contributed by atoms with E-state index in [-0.39, 0.29) is 11.8 Å². The highest BCUT2D eigenvalue weighted by molar-refractivity contribution is 6.30. The Hall–Kier alpha value is -2.59. The Morgan fingerprint density at radius 2 is 1.77 bits per heavy atom. The molecule has 0 saturated carbocycles. The number of carbonyl (C=O) groups is 2. The average Bonchev–Trinajstić information content (AvgIpc) is 2.64. The van der Waals surface area contributed by atoms with Gasteiger partial charge in [-0.1, -0.05) is 60.1 Å². The van der Waals surface area contributed by atoms with Gasteiger partial charge in [-0.15, -0.1) is 6.58 Å². The van der Waals surface area contributed by atoms with Gasteiger partial charge in [-0.2, -0.15) is 0 Å². The molecule has 2 amide bonds. The predicted octanol–water partition coefficient (Wildman–Crippen LogP) is 3.60. The molecule has 2 rings (SSSR count). The molecule has 0 fully saturated rings. The average molecular weight is 371 g/mol. The van der Waals surface area contributed by atoms with Gasteiger partial charge < -0.3 is 10.2 Å². The Kier molecular flexibility index (Phi) is 7.42. The van der Waals surface area contributed by atoms with E-state index in [0.717, 1.165) is 11.1 Å². The molecule has 1 atom stereocenters. The highest BCUT2D eigenvalue weighted by Crippen LogP contribution is 2.16. The van der Waals surface area contributed by atoms with Crippen LogP contribution in [-0.4, -0.2) is 29.3 Å². The first kappa shape index (κ1) is 19.7. The van der Waals surface area contributed by atoms with Crippen molar-refractivity contribution in [1.82, 2.24) is 10.2 Å². The van der Waals surface area contributed by atoms with Crippen molar-refractivity contribution in [2.24, 2.45) is 0 Å². The highest BCUT2D eigenvalue weighted by atomic mass is 35.5. The molecule has 136 valence electrons. The summed E-state index contributed by atoms with van der Waals surface area (Å²) in [7, 11) is 0. The third kappa shape index (κ3) is 5.74. The van der Waals surface area contributed by atoms with Gasteiger partial charge in [0.05, 0.1) is 0 Å². The molecule has 26 heavy (non-hydrogen) atoms. The zero-order valence-electron chi connectivity index (χ0n) is 14.8. The summed E-state index contributed by atoms with van der Waals surface area (Å²) in [6.45, 7) is 5.80. The Morgan fingerprint density at radius 3 is 2.35 bits per heavy atom. The quantitative estimate of drug-likeness (QED) is 0.722. The maximum absolute atomic E-state index is 12.7. The first-order valence-corrected chi connectivity index (χ1v) is 8.83. The van der Waals surface area contributed by atoms with Gasteiger partial charge in [0, 0.05) is 31.5 Å². The molecule has 0 saturated heterocycles. The number of benzene rings is 2. The molecule has 0 aromatic heterocycles. The van der Waals surface area contributed by atoms with Crippen LogP contribution in [0.5, 0.6) is 0 Å². The smallest absolute Gasteiger partial charge is 0.243 e. The highest BCUT2D eigenvalue weighted by Gasteiger charge is 2.28. The minimum absolute atomic E-state index is 0.158. The van der Waals surface area contributed by atoms with Crippen LogP contribution < -0.4 is 5.32 Å². The Labute approximate surface area is 159 Å². The normalized spacial score (nSPS) is 11.5. The number of nitrogens with zero attached hydrogens (tertiary/aromatic N) is 1. The summed E-state index contributed by atoms with van der Waals surface area (Å²) in [4.78, 5) is 26.6. The molecule has 0 spiro atoms. The molecule has 2 aromatic rings. The van der Waals surface area contributed by atoms with Crippen LogP contribution in [0.25, 0.3) is 0 Å². The van der Waals surface area contributed by atoms with Gasteiger partial charge in [-0.25, -0.2) is 0 Å². The van der Waals surface area contributed by atoms with Crippen LogP contribution in [0.3, 0.4) is 0 Å². The second kappa shape index (κ2) is 9.78. The fourth-order valence-corrected chi connectivity index (χ4v) is 2.83. The Balaban J connectivity index is 2.27. The molecule has 0 heterocycles. The van der Waals surface area contributed by atoms with Crippen molar-refractivity contribution in [3.63, 3.8) is 0 Å². The summed E-state index contributed by atoms with van der Waals surface area (Å²) in [5.74, 6) is -0.354. The van der Waals surface area contributed by atoms with E-state index < -0.39 is 6.04 Å². The number of amides is 2. The van der Waals surface area contributed by atoms with Gasteiger partial charge in [-0.3, -0.25) is 9.59 Å². The van der Waals surface area contributed by atoms with Gasteiger partial charge in [0.15, 0.2) is 0 Å². The van der Waals surface area contributed by atoms with Crippen LogP contribution in [0.1, 0.15) is 18.1 Å². The lowest BCUT2D eigenvalue weighted by atomic mass is 10.0. The van der Waals surface area contributed by atoms with E-state index in [1.165, 1.54) is 6.92 Å². The van der Waals surface area contributed by atoms with E-state index in [1.807, 2.05) is 42.5 Å². The molecule has 0 radical (unpaired) electrons. The Bertz CT molecular complexity index is 744. The fourth-order valence-electron chi connectivity index (χ4n) is 2.70. The monoisotopic (exact) mass is 370 g/mol. The summed E-state index contributed by atoms with van der Waals surface area (Å²) in [5, 5.41) is 3.44. The minimum atomic E-state index is -0.606. The van der Waals surface area contributed by atoms with Crippen LogP contribution in [0.15, 0.2) is 67.3 Å². The first-order valence-electron chi connectivity index (χ1n) is 8.45. The lowest BCUT2D eigenvalue weighted by Crippen LogP contribution is -2.49. The summed E-state index contributed by atoms with van der Waals surface area (Å²) in [6.07, 6.45) is 2.06. The molecule has 0 aliphatic rings. The molecule has 0 aliphatic carbocycles. The lowest BCUT2D eigenvalue weighted by molar-refractivity contribution is -0.139. The molecular weight excluding hydrogens is 348 g/mol. The number of nitrogens with one attached hydrogen (secondary N) is 1. The van der Waals surface area contributed by atoms with Crippen molar-refractivity contribution in [1.29, 1.82) is 0 Å². The third-order valence-electron chi connectivity index (χ3n) is 4.04. The van der Waals surface area contributed by atoms with Crippen molar-refractivity contribution in [3.05, 3.63) is 83.4 Å². The molecule has 4 nitrogen and oxygen atoms in total. The van der Waals surface area contributed by atoms with Crippen molar-refractivity contribution in [2.75, 3.05) is 6.54 Å². The van der Waals surface area contributed by atoms with Crippen LogP contribution in [0, 0.1) is 0 Å². The van der Waals surface area contributed by atoms with E-state index in [1.54, 1.807) is 23.1 Å². The summed E-state index contributed by atoms with van der Waals surface area (Å²) in [6, 6.07) is 16.3. The molecule has 2 aromatic carbocycles. The van der Waals surface area contributed by atoms with Gasteiger partial charge >= 0.3 is 0 Å². The van der Waals surface area contributed by atoms with E-state index in [9.17, 15) is 9.59 Å². The molecule has 5 heteroatoms. The predicted molar refractivity (Wildman–Crippen MR) is 105 cm³/mol. The van der Waals surface area contributed by atoms with Gasteiger partial charge in [-0.05, 0) is 23.3 Å². The van der Waals surface area contributed by atoms with Crippen LogP contribution in [-0.2, 0) is 22.6 Å². The minimum Gasteiger partial charge on any atom is -0.351 e. The zero-order valence-corrected chi connectivity index (χ0v) is 15.6. The molecule has 1 N–H and O–H groups in total. The maximum Gasteiger partial charge on any atom is 0.243 e. The van der Waals surface area contributed by atoms with Crippen molar-refractivity contribution >= 4 is 23.4 Å². The largest absolute Gasteiger partial charge is 0.351 e. The van der Waals surface area contributed by atoms with Gasteiger partial charge in [0.1, 0.15) is 6.04 Å². The molecule has 0 bridgehead atoms. The van der Waals surface area contributed by atoms with Crippen molar-refractivity contribution < 1.29 is 9.59 Å². The zero-order chi connectivity index (χ0) is 18.9. The van der Waals surface area contributed by atoms with E-state index in [4.69, 9.17) is 11.6 Å². The summed E-state index contributed by atoms with van der Waals surface area (Å²) >= 11 is 5.93. The number of hydrogen-bond donors (Lipinski definition) is 1. The third-order valence-corrected chi connectivity index (χ3v) is 4.29. The molecular formula is C21H23ClN2O2. The van der Waals surface area contributed by atoms with Crippen LogP contribution in [0.2, 0.25) is 5.02 Å². The van der Waals surface area contributed by atoms with Crippen LogP contribution >= 0.6 is 11.6 Å². The summed E-state index contributed by atoms with van der Waals surface area (Å²) in [5.41, 5.74) is 1.91. The fraction of sp³-hybridized carbons (Fsp3) is 0.238. The topological polar surface area (TPSA) is 49.4 Å².